The number of amides is 1. The standard InChI is InChI=1S/C24H29NO6/c1-14(2)23(27)31-24(3,4)13-30-20-16(10-11-19(28-5)21(20)29-6)15-8-7-9-17-18(15)12-25-22(17)26/h7-11,14H,12-13H2,1-6H3,(H,25,26). The van der Waals surface area contributed by atoms with Crippen LogP contribution in [-0.4, -0.2) is 38.3 Å². The minimum absolute atomic E-state index is 0.0958. The maximum atomic E-state index is 12.1. The van der Waals surface area contributed by atoms with Gasteiger partial charge >= 0.3 is 5.97 Å². The predicted molar refractivity (Wildman–Crippen MR) is 117 cm³/mol. The zero-order chi connectivity index (χ0) is 22.8. The largest absolute Gasteiger partial charge is 0.493 e. The van der Waals surface area contributed by atoms with E-state index >= 15 is 0 Å². The van der Waals surface area contributed by atoms with Gasteiger partial charge in [-0.2, -0.15) is 0 Å². The van der Waals surface area contributed by atoms with Crippen molar-refractivity contribution in [1.82, 2.24) is 5.32 Å². The summed E-state index contributed by atoms with van der Waals surface area (Å²) in [5.41, 5.74) is 2.31. The first-order valence-corrected chi connectivity index (χ1v) is 10.2. The third kappa shape index (κ3) is 4.60. The molecule has 7 nitrogen and oxygen atoms in total. The van der Waals surface area contributed by atoms with E-state index in [1.807, 2.05) is 18.2 Å². The van der Waals surface area contributed by atoms with Gasteiger partial charge in [-0.1, -0.05) is 26.0 Å². The zero-order valence-electron chi connectivity index (χ0n) is 18.8. The van der Waals surface area contributed by atoms with Crippen molar-refractivity contribution in [3.8, 4) is 28.4 Å². The highest BCUT2D eigenvalue weighted by atomic mass is 16.6. The minimum Gasteiger partial charge on any atom is -0.493 e. The van der Waals surface area contributed by atoms with Crippen molar-refractivity contribution < 1.29 is 28.5 Å². The van der Waals surface area contributed by atoms with E-state index in [4.69, 9.17) is 18.9 Å². The first-order chi connectivity index (χ1) is 14.7. The lowest BCUT2D eigenvalue weighted by Crippen LogP contribution is -2.36. The van der Waals surface area contributed by atoms with Gasteiger partial charge in [0.05, 0.1) is 20.1 Å². The van der Waals surface area contributed by atoms with Gasteiger partial charge in [0.2, 0.25) is 5.75 Å². The first-order valence-electron chi connectivity index (χ1n) is 10.2. The molecule has 0 aliphatic carbocycles. The van der Waals surface area contributed by atoms with Crippen LogP contribution >= 0.6 is 0 Å². The minimum atomic E-state index is -0.858. The molecule has 0 bridgehead atoms. The van der Waals surface area contributed by atoms with Crippen molar-refractivity contribution in [3.05, 3.63) is 41.5 Å². The van der Waals surface area contributed by atoms with E-state index in [1.54, 1.807) is 54.0 Å². The highest BCUT2D eigenvalue weighted by Crippen LogP contribution is 2.46. The van der Waals surface area contributed by atoms with Gasteiger partial charge in [0.15, 0.2) is 11.5 Å². The Kier molecular flexibility index (Phi) is 6.43. The molecule has 3 rings (SSSR count). The number of methoxy groups -OCH3 is 2. The topological polar surface area (TPSA) is 83.1 Å². The maximum Gasteiger partial charge on any atom is 0.309 e. The molecular weight excluding hydrogens is 398 g/mol. The number of carbonyl (C=O) groups is 2. The van der Waals surface area contributed by atoms with Crippen LogP contribution in [0, 0.1) is 5.92 Å². The van der Waals surface area contributed by atoms with Crippen LogP contribution in [0.2, 0.25) is 0 Å². The summed E-state index contributed by atoms with van der Waals surface area (Å²) >= 11 is 0. The lowest BCUT2D eigenvalue weighted by Gasteiger charge is -2.27. The molecular formula is C24H29NO6. The molecule has 0 atom stereocenters. The van der Waals surface area contributed by atoms with Crippen molar-refractivity contribution in [1.29, 1.82) is 0 Å². The van der Waals surface area contributed by atoms with Crippen LogP contribution in [0.1, 0.15) is 43.6 Å². The van der Waals surface area contributed by atoms with Gasteiger partial charge in [-0.05, 0) is 43.2 Å². The van der Waals surface area contributed by atoms with E-state index in [0.29, 0.717) is 29.4 Å². The Morgan fingerprint density at radius 2 is 1.74 bits per heavy atom. The van der Waals surface area contributed by atoms with Crippen LogP contribution in [0.4, 0.5) is 0 Å². The second-order valence-electron chi connectivity index (χ2n) is 8.32. The SMILES string of the molecule is COc1ccc(-c2cccc3c2CNC3=O)c(OCC(C)(C)OC(=O)C(C)C)c1OC. The number of nitrogens with one attached hydrogen (secondary N) is 1. The molecule has 2 aromatic rings. The Labute approximate surface area is 182 Å². The normalized spacial score (nSPS) is 12.9. The monoisotopic (exact) mass is 427 g/mol. The number of benzene rings is 2. The van der Waals surface area contributed by atoms with Gasteiger partial charge in [0, 0.05) is 17.7 Å². The van der Waals surface area contributed by atoms with E-state index in [9.17, 15) is 9.59 Å². The average Bonchev–Trinajstić information content (AvgIpc) is 3.12. The molecule has 0 spiro atoms. The summed E-state index contributed by atoms with van der Waals surface area (Å²) in [6.07, 6.45) is 0. The molecule has 1 amide bonds. The molecule has 1 aliphatic heterocycles. The second-order valence-corrected chi connectivity index (χ2v) is 8.32. The summed E-state index contributed by atoms with van der Waals surface area (Å²) < 4.78 is 22.9. The number of hydrogen-bond donors (Lipinski definition) is 1. The van der Waals surface area contributed by atoms with Crippen molar-refractivity contribution >= 4 is 11.9 Å². The lowest BCUT2D eigenvalue weighted by atomic mass is 9.95. The fourth-order valence-corrected chi connectivity index (χ4v) is 3.43. The van der Waals surface area contributed by atoms with E-state index in [-0.39, 0.29) is 24.4 Å². The molecule has 0 unspecified atom stereocenters. The van der Waals surface area contributed by atoms with E-state index in [0.717, 1.165) is 16.7 Å². The Morgan fingerprint density at radius 1 is 1.03 bits per heavy atom. The summed E-state index contributed by atoms with van der Waals surface area (Å²) in [4.78, 5) is 24.2. The summed E-state index contributed by atoms with van der Waals surface area (Å²) in [7, 11) is 3.09. The van der Waals surface area contributed by atoms with Crippen LogP contribution in [-0.2, 0) is 16.1 Å². The molecule has 7 heteroatoms. The second kappa shape index (κ2) is 8.88. The quantitative estimate of drug-likeness (QED) is 0.642. The number of ether oxygens (including phenoxy) is 4. The third-order valence-corrected chi connectivity index (χ3v) is 5.05. The summed E-state index contributed by atoms with van der Waals surface area (Å²) in [6.45, 7) is 7.70. The molecule has 0 saturated carbocycles. The van der Waals surface area contributed by atoms with Crippen molar-refractivity contribution in [3.63, 3.8) is 0 Å². The van der Waals surface area contributed by atoms with Gasteiger partial charge in [0.1, 0.15) is 12.2 Å². The Hall–Kier alpha value is -3.22. The van der Waals surface area contributed by atoms with Gasteiger partial charge < -0.3 is 24.3 Å². The van der Waals surface area contributed by atoms with Crippen LogP contribution in [0.25, 0.3) is 11.1 Å². The van der Waals surface area contributed by atoms with E-state index in [1.165, 1.54) is 0 Å². The van der Waals surface area contributed by atoms with E-state index < -0.39 is 5.60 Å². The van der Waals surface area contributed by atoms with Crippen LogP contribution in [0.5, 0.6) is 17.2 Å². The van der Waals surface area contributed by atoms with Gasteiger partial charge in [-0.3, -0.25) is 9.59 Å². The Morgan fingerprint density at radius 3 is 2.39 bits per heavy atom. The Bertz CT molecular complexity index is 996. The first kappa shape index (κ1) is 22.5. The summed E-state index contributed by atoms with van der Waals surface area (Å²) in [5.74, 6) is 0.778. The highest BCUT2D eigenvalue weighted by Gasteiger charge is 2.29. The Balaban J connectivity index is 2.03. The number of hydrogen-bond acceptors (Lipinski definition) is 6. The van der Waals surface area contributed by atoms with Crippen LogP contribution in [0.15, 0.2) is 30.3 Å². The van der Waals surface area contributed by atoms with E-state index in [2.05, 4.69) is 5.32 Å². The number of carbonyl (C=O) groups excluding carboxylic acids is 2. The number of rotatable bonds is 8. The van der Waals surface area contributed by atoms with Crippen molar-refractivity contribution in [2.45, 2.75) is 39.8 Å². The number of esters is 1. The average molecular weight is 427 g/mol. The van der Waals surface area contributed by atoms with Crippen LogP contribution in [0.3, 0.4) is 0 Å². The third-order valence-electron chi connectivity index (χ3n) is 5.05. The molecule has 1 heterocycles. The molecule has 0 saturated heterocycles. The van der Waals surface area contributed by atoms with Crippen LogP contribution < -0.4 is 19.5 Å². The molecule has 1 aliphatic rings. The zero-order valence-corrected chi connectivity index (χ0v) is 18.8. The maximum absolute atomic E-state index is 12.1. The van der Waals surface area contributed by atoms with Gasteiger partial charge in [0.25, 0.3) is 5.91 Å². The molecule has 166 valence electrons. The lowest BCUT2D eigenvalue weighted by molar-refractivity contribution is -0.163. The van der Waals surface area contributed by atoms with Gasteiger partial charge in [-0.15, -0.1) is 0 Å². The fourth-order valence-electron chi connectivity index (χ4n) is 3.43. The molecule has 2 aromatic carbocycles. The predicted octanol–water partition coefficient (Wildman–Crippen LogP) is 3.97. The molecule has 0 radical (unpaired) electrons. The fraction of sp³-hybridized carbons (Fsp3) is 0.417. The van der Waals surface area contributed by atoms with Crippen molar-refractivity contribution in [2.75, 3.05) is 20.8 Å². The number of fused-ring (bicyclic) bond motifs is 1. The highest BCUT2D eigenvalue weighted by molar-refractivity contribution is 6.01. The molecule has 0 fully saturated rings. The molecule has 1 N–H and O–H groups in total. The molecule has 31 heavy (non-hydrogen) atoms. The summed E-state index contributed by atoms with van der Waals surface area (Å²) in [6, 6.07) is 9.26. The summed E-state index contributed by atoms with van der Waals surface area (Å²) in [5, 5.41) is 2.86. The van der Waals surface area contributed by atoms with Crippen molar-refractivity contribution in [2.24, 2.45) is 5.92 Å². The molecule has 0 aromatic heterocycles. The smallest absolute Gasteiger partial charge is 0.309 e. The van der Waals surface area contributed by atoms with Gasteiger partial charge in [-0.25, -0.2) is 0 Å².